The van der Waals surface area contributed by atoms with Crippen LogP contribution in [0.25, 0.3) is 0 Å². The van der Waals surface area contributed by atoms with Crippen LogP contribution in [-0.4, -0.2) is 61.7 Å². The number of aliphatic hydroxyl groups is 1. The molecule has 2 N–H and O–H groups in total. The van der Waals surface area contributed by atoms with Crippen LogP contribution in [0, 0.1) is 5.92 Å². The van der Waals surface area contributed by atoms with Crippen LogP contribution in [0.15, 0.2) is 0 Å². The Labute approximate surface area is 123 Å². The first kappa shape index (κ1) is 18.2. The Balaban J connectivity index is 2.58. The number of aliphatic hydroxyl groups excluding tert-OH is 1. The molecule has 1 heterocycles. The van der Waals surface area contributed by atoms with Crippen molar-refractivity contribution in [3.63, 3.8) is 0 Å². The Kier molecular flexibility index (Phi) is 6.48. The zero-order chi connectivity index (χ0) is 16.1. The van der Waals surface area contributed by atoms with Crippen molar-refractivity contribution >= 4 is 15.9 Å². The van der Waals surface area contributed by atoms with Crippen molar-refractivity contribution in [3.05, 3.63) is 0 Å². The van der Waals surface area contributed by atoms with E-state index in [1.807, 2.05) is 0 Å². The van der Waals surface area contributed by atoms with Crippen molar-refractivity contribution in [1.29, 1.82) is 0 Å². The summed E-state index contributed by atoms with van der Waals surface area (Å²) in [7, 11) is -3.38. The van der Waals surface area contributed by atoms with Crippen molar-refractivity contribution in [2.75, 3.05) is 32.0 Å². The van der Waals surface area contributed by atoms with Crippen molar-refractivity contribution in [2.24, 2.45) is 5.92 Å². The molecule has 1 atom stereocenters. The van der Waals surface area contributed by atoms with Gasteiger partial charge < -0.3 is 10.4 Å². The summed E-state index contributed by atoms with van der Waals surface area (Å²) in [6.45, 7) is -0.143. The lowest BCUT2D eigenvalue weighted by atomic mass is 9.99. The van der Waals surface area contributed by atoms with Crippen LogP contribution in [0.5, 0.6) is 0 Å². The molecule has 124 valence electrons. The van der Waals surface area contributed by atoms with Gasteiger partial charge in [0.15, 0.2) is 0 Å². The normalized spacial score (nSPS) is 21.2. The van der Waals surface area contributed by atoms with Crippen LogP contribution in [-0.2, 0) is 14.8 Å². The third-order valence-electron chi connectivity index (χ3n) is 3.36. The van der Waals surface area contributed by atoms with Gasteiger partial charge in [-0.2, -0.15) is 0 Å². The predicted octanol–water partition coefficient (Wildman–Crippen LogP) is 0.182. The van der Waals surface area contributed by atoms with Gasteiger partial charge in [-0.25, -0.2) is 21.5 Å². The Morgan fingerprint density at radius 3 is 2.71 bits per heavy atom. The molecule has 9 heteroatoms. The van der Waals surface area contributed by atoms with Gasteiger partial charge in [-0.05, 0) is 19.3 Å². The number of hydrogen-bond donors (Lipinski definition) is 2. The number of amides is 1. The Hall–Kier alpha value is -0.800. The molecular weight excluding hydrogens is 306 g/mol. The van der Waals surface area contributed by atoms with E-state index in [4.69, 9.17) is 5.11 Å². The second-order valence-electron chi connectivity index (χ2n) is 5.25. The smallest absolute Gasteiger partial charge is 0.287 e. The monoisotopic (exact) mass is 328 g/mol. The summed E-state index contributed by atoms with van der Waals surface area (Å²) in [5.74, 6) is -4.57. The van der Waals surface area contributed by atoms with Crippen LogP contribution >= 0.6 is 0 Å². The minimum Gasteiger partial charge on any atom is -0.390 e. The van der Waals surface area contributed by atoms with Crippen molar-refractivity contribution in [3.8, 4) is 0 Å². The molecule has 0 bridgehead atoms. The number of carbonyl (C=O) groups excluding carboxylic acids is 1. The number of hydrogen-bond acceptors (Lipinski definition) is 4. The zero-order valence-electron chi connectivity index (χ0n) is 12.0. The van der Waals surface area contributed by atoms with Crippen LogP contribution in [0.4, 0.5) is 8.78 Å². The summed E-state index contributed by atoms with van der Waals surface area (Å²) < 4.78 is 50.9. The molecule has 0 aliphatic carbocycles. The van der Waals surface area contributed by atoms with Crippen molar-refractivity contribution in [1.82, 2.24) is 9.62 Å². The van der Waals surface area contributed by atoms with Gasteiger partial charge in [0.25, 0.3) is 5.92 Å². The maximum Gasteiger partial charge on any atom is 0.287 e. The van der Waals surface area contributed by atoms with E-state index in [0.29, 0.717) is 25.8 Å². The predicted molar refractivity (Wildman–Crippen MR) is 73.4 cm³/mol. The summed E-state index contributed by atoms with van der Waals surface area (Å²) >= 11 is 0. The minimum absolute atomic E-state index is 0.0178. The molecule has 0 aromatic heterocycles. The largest absolute Gasteiger partial charge is 0.390 e. The standard InChI is InChI=1S/C12H22F2N2O4S/c1-2-6-21(19,20)16-5-3-4-10(7-16)11(18)15-8-12(13,14)9-17/h10,17H,2-9H2,1H3,(H,15,18)/t10-/m0/s1. The number of nitrogens with one attached hydrogen (secondary N) is 1. The number of nitrogens with zero attached hydrogens (tertiary/aromatic N) is 1. The molecule has 1 amide bonds. The van der Waals surface area contributed by atoms with Gasteiger partial charge in [-0.1, -0.05) is 6.92 Å². The number of piperidine rings is 1. The average Bonchev–Trinajstić information content (AvgIpc) is 2.45. The van der Waals surface area contributed by atoms with Crippen molar-refractivity contribution < 1.29 is 27.1 Å². The Morgan fingerprint density at radius 2 is 2.14 bits per heavy atom. The molecule has 1 aliphatic rings. The minimum atomic E-state index is -3.38. The lowest BCUT2D eigenvalue weighted by Gasteiger charge is -2.31. The second-order valence-corrected chi connectivity index (χ2v) is 7.33. The third kappa shape index (κ3) is 5.48. The quantitative estimate of drug-likeness (QED) is 0.698. The maximum atomic E-state index is 12.9. The first-order valence-corrected chi connectivity index (χ1v) is 8.57. The summed E-state index contributed by atoms with van der Waals surface area (Å²) in [5, 5.41) is 10.5. The van der Waals surface area contributed by atoms with Crippen LogP contribution in [0.2, 0.25) is 0 Å². The summed E-state index contributed by atoms with van der Waals surface area (Å²) in [4.78, 5) is 11.8. The molecule has 0 saturated carbocycles. The van der Waals surface area contributed by atoms with Gasteiger partial charge in [0, 0.05) is 13.1 Å². The lowest BCUT2D eigenvalue weighted by molar-refractivity contribution is -0.128. The fraction of sp³-hybridized carbons (Fsp3) is 0.917. The van der Waals surface area contributed by atoms with Gasteiger partial charge in [0.05, 0.1) is 18.2 Å². The topological polar surface area (TPSA) is 86.7 Å². The molecule has 6 nitrogen and oxygen atoms in total. The molecule has 0 spiro atoms. The average molecular weight is 328 g/mol. The number of sulfonamides is 1. The molecule has 21 heavy (non-hydrogen) atoms. The van der Waals surface area contributed by atoms with Crippen LogP contribution in [0.1, 0.15) is 26.2 Å². The highest BCUT2D eigenvalue weighted by Crippen LogP contribution is 2.20. The first-order valence-electron chi connectivity index (χ1n) is 6.96. The molecule has 0 radical (unpaired) electrons. The highest BCUT2D eigenvalue weighted by atomic mass is 32.2. The molecule has 0 aromatic rings. The third-order valence-corrected chi connectivity index (χ3v) is 5.41. The highest BCUT2D eigenvalue weighted by Gasteiger charge is 2.34. The molecule has 1 rings (SSSR count). The van der Waals surface area contributed by atoms with Gasteiger partial charge >= 0.3 is 0 Å². The van der Waals surface area contributed by atoms with Crippen molar-refractivity contribution in [2.45, 2.75) is 32.1 Å². The van der Waals surface area contributed by atoms with E-state index in [1.165, 1.54) is 4.31 Å². The van der Waals surface area contributed by atoms with Gasteiger partial charge in [-0.15, -0.1) is 0 Å². The number of alkyl halides is 2. The first-order chi connectivity index (χ1) is 9.72. The van der Waals surface area contributed by atoms with Gasteiger partial charge in [-0.3, -0.25) is 4.79 Å². The summed E-state index contributed by atoms with van der Waals surface area (Å²) in [6.07, 6.45) is 1.48. The number of rotatable bonds is 7. The highest BCUT2D eigenvalue weighted by molar-refractivity contribution is 7.89. The van der Waals surface area contributed by atoms with Gasteiger partial charge in [0.2, 0.25) is 15.9 Å². The molecule has 1 aliphatic heterocycles. The molecule has 1 fully saturated rings. The van der Waals surface area contributed by atoms with E-state index in [1.54, 1.807) is 6.92 Å². The molecule has 1 saturated heterocycles. The van der Waals surface area contributed by atoms with Gasteiger partial charge in [0.1, 0.15) is 6.61 Å². The lowest BCUT2D eigenvalue weighted by Crippen LogP contribution is -2.48. The fourth-order valence-electron chi connectivity index (χ4n) is 2.21. The number of carbonyl (C=O) groups is 1. The fourth-order valence-corrected chi connectivity index (χ4v) is 3.80. The van der Waals surface area contributed by atoms with E-state index in [2.05, 4.69) is 5.32 Å². The summed E-state index contributed by atoms with van der Waals surface area (Å²) in [5.41, 5.74) is 0. The van der Waals surface area contributed by atoms with E-state index in [0.717, 1.165) is 0 Å². The molecular formula is C12H22F2N2O4S. The Bertz CT molecular complexity index is 456. The number of halogens is 2. The van der Waals surface area contributed by atoms with E-state index in [9.17, 15) is 22.0 Å². The molecule has 0 aromatic carbocycles. The maximum absolute atomic E-state index is 12.9. The zero-order valence-corrected chi connectivity index (χ0v) is 12.8. The van der Waals surface area contributed by atoms with Crippen LogP contribution in [0.3, 0.4) is 0 Å². The van der Waals surface area contributed by atoms with Crippen LogP contribution < -0.4 is 5.32 Å². The second kappa shape index (κ2) is 7.46. The van der Waals surface area contributed by atoms with E-state index < -0.39 is 40.9 Å². The SMILES string of the molecule is CCCS(=O)(=O)N1CCC[C@H](C(=O)NCC(F)(F)CO)C1. The van der Waals surface area contributed by atoms with E-state index in [-0.39, 0.29) is 12.3 Å². The Morgan fingerprint density at radius 1 is 1.48 bits per heavy atom. The van der Waals surface area contributed by atoms with E-state index >= 15 is 0 Å². The summed E-state index contributed by atoms with van der Waals surface area (Å²) in [6, 6.07) is 0. The molecule has 0 unspecified atom stereocenters.